The van der Waals surface area contributed by atoms with E-state index in [1.807, 2.05) is 37.3 Å². The van der Waals surface area contributed by atoms with Crippen LogP contribution in [-0.4, -0.2) is 51.6 Å². The van der Waals surface area contributed by atoms with Gasteiger partial charge in [-0.05, 0) is 31.2 Å². The van der Waals surface area contributed by atoms with Gasteiger partial charge < -0.3 is 25.6 Å². The van der Waals surface area contributed by atoms with Crippen molar-refractivity contribution in [1.82, 2.24) is 20.7 Å². The Hall–Kier alpha value is -3.40. The van der Waals surface area contributed by atoms with Gasteiger partial charge in [0.2, 0.25) is 0 Å². The number of pyridine rings is 1. The third kappa shape index (κ3) is 4.69. The van der Waals surface area contributed by atoms with Gasteiger partial charge in [0.15, 0.2) is 0 Å². The quantitative estimate of drug-likeness (QED) is 0.418. The number of fused-ring (bicyclic) bond motifs is 1. The molecule has 2 aliphatic heterocycles. The van der Waals surface area contributed by atoms with Gasteiger partial charge in [-0.3, -0.25) is 14.8 Å². The first kappa shape index (κ1) is 20.9. The smallest absolute Gasteiger partial charge is 0.274 e. The summed E-state index contributed by atoms with van der Waals surface area (Å²) in [4.78, 5) is 17.0. The van der Waals surface area contributed by atoms with Crippen molar-refractivity contribution in [1.29, 1.82) is 0 Å². The molecule has 0 bridgehead atoms. The second kappa shape index (κ2) is 9.17. The van der Waals surface area contributed by atoms with Crippen molar-refractivity contribution in [3.8, 4) is 5.75 Å². The van der Waals surface area contributed by atoms with E-state index >= 15 is 0 Å². The zero-order chi connectivity index (χ0) is 21.8. The van der Waals surface area contributed by atoms with E-state index in [2.05, 4.69) is 21.0 Å². The Morgan fingerprint density at radius 3 is 2.97 bits per heavy atom. The number of nitrogens with zero attached hydrogens (tertiary/aromatic N) is 2. The lowest BCUT2D eigenvalue weighted by Crippen LogP contribution is -2.50. The summed E-state index contributed by atoms with van der Waals surface area (Å²) in [7, 11) is 0. The van der Waals surface area contributed by atoms with Crippen molar-refractivity contribution in [2.45, 2.75) is 25.2 Å². The van der Waals surface area contributed by atoms with Crippen LogP contribution in [0.3, 0.4) is 0 Å². The van der Waals surface area contributed by atoms with Crippen molar-refractivity contribution in [3.63, 3.8) is 0 Å². The molecule has 1 amide bonds. The molecule has 2 aromatic rings. The number of hydrazine groups is 1. The Morgan fingerprint density at radius 2 is 2.16 bits per heavy atom. The van der Waals surface area contributed by atoms with E-state index in [4.69, 9.17) is 9.84 Å². The number of nitrogens with one attached hydrogen (secondary N) is 3. The van der Waals surface area contributed by atoms with Crippen LogP contribution >= 0.6 is 0 Å². The Morgan fingerprint density at radius 1 is 1.32 bits per heavy atom. The van der Waals surface area contributed by atoms with E-state index in [0.29, 0.717) is 17.1 Å². The SMILES string of the molecule is Cc1cc(NC(=O)C2=CNC3C=CC(c4ccccc4OCC(O)CO)NN23)ccn1. The van der Waals surface area contributed by atoms with Gasteiger partial charge in [-0.15, -0.1) is 0 Å². The predicted octanol–water partition coefficient (Wildman–Crippen LogP) is 0.949. The monoisotopic (exact) mass is 423 g/mol. The summed E-state index contributed by atoms with van der Waals surface area (Å²) in [5.74, 6) is 0.336. The minimum Gasteiger partial charge on any atom is -0.490 e. The number of carbonyl (C=O) groups excluding carboxylic acids is 1. The largest absolute Gasteiger partial charge is 0.490 e. The number of hydrogen-bond acceptors (Lipinski definition) is 8. The molecule has 3 atom stereocenters. The number of benzene rings is 1. The first-order valence-electron chi connectivity index (χ1n) is 10.00. The number of hydrogen-bond donors (Lipinski definition) is 5. The standard InChI is InChI=1S/C22H25N5O4/c1-14-10-15(8-9-23-14)25-22(30)19-11-24-21-7-6-18(26-27(19)21)17-4-2-3-5-20(17)31-13-16(29)12-28/h2-11,16,18,21,24,26,28-29H,12-13H2,1H3,(H,23,25,30). The lowest BCUT2D eigenvalue weighted by atomic mass is 10.0. The molecular weight excluding hydrogens is 398 g/mol. The molecule has 2 aliphatic rings. The molecule has 0 spiro atoms. The number of aryl methyl sites for hydroxylation is 1. The average Bonchev–Trinajstić information content (AvgIpc) is 3.21. The molecule has 31 heavy (non-hydrogen) atoms. The van der Waals surface area contributed by atoms with Gasteiger partial charge in [-0.25, -0.2) is 5.43 Å². The van der Waals surface area contributed by atoms with Gasteiger partial charge in [0.05, 0.1) is 12.6 Å². The van der Waals surface area contributed by atoms with Gasteiger partial charge in [-0.1, -0.05) is 24.3 Å². The summed E-state index contributed by atoms with van der Waals surface area (Å²) < 4.78 is 5.70. The van der Waals surface area contributed by atoms with E-state index in [1.54, 1.807) is 35.6 Å². The van der Waals surface area contributed by atoms with E-state index in [1.165, 1.54) is 0 Å². The van der Waals surface area contributed by atoms with Crippen molar-refractivity contribution < 1.29 is 19.7 Å². The van der Waals surface area contributed by atoms with Crippen molar-refractivity contribution >= 4 is 11.6 Å². The Bertz CT molecular complexity index is 1010. The lowest BCUT2D eigenvalue weighted by molar-refractivity contribution is -0.114. The number of para-hydroxylation sites is 1. The minimum absolute atomic E-state index is 0.0171. The second-order valence-corrected chi connectivity index (χ2v) is 7.33. The molecule has 3 unspecified atom stereocenters. The van der Waals surface area contributed by atoms with Crippen molar-refractivity contribution in [3.05, 3.63) is 77.9 Å². The van der Waals surface area contributed by atoms with Crippen LogP contribution in [0, 0.1) is 6.92 Å². The molecule has 1 aromatic heterocycles. The number of aromatic nitrogens is 1. The molecule has 162 valence electrons. The fraction of sp³-hybridized carbons (Fsp3) is 0.273. The molecule has 3 heterocycles. The summed E-state index contributed by atoms with van der Waals surface area (Å²) in [6.07, 6.45) is 6.13. The molecule has 0 saturated carbocycles. The lowest BCUT2D eigenvalue weighted by Gasteiger charge is -2.35. The molecule has 5 N–H and O–H groups in total. The maximum Gasteiger partial charge on any atom is 0.274 e. The van der Waals surface area contributed by atoms with Gasteiger partial charge in [-0.2, -0.15) is 0 Å². The van der Waals surface area contributed by atoms with Crippen molar-refractivity contribution in [2.75, 3.05) is 18.5 Å². The normalized spacial score (nSPS) is 20.5. The summed E-state index contributed by atoms with van der Waals surface area (Å²) in [6.45, 7) is 1.48. The van der Waals surface area contributed by atoms with Crippen LogP contribution in [-0.2, 0) is 4.79 Å². The number of aliphatic hydroxyl groups excluding tert-OH is 2. The first-order valence-corrected chi connectivity index (χ1v) is 10.00. The van der Waals surface area contributed by atoms with Crippen LogP contribution in [0.5, 0.6) is 5.75 Å². The van der Waals surface area contributed by atoms with Crippen LogP contribution in [0.15, 0.2) is 66.6 Å². The molecule has 4 rings (SSSR count). The summed E-state index contributed by atoms with van der Waals surface area (Å²) in [5.41, 5.74) is 6.13. The van der Waals surface area contributed by atoms with Gasteiger partial charge >= 0.3 is 0 Å². The van der Waals surface area contributed by atoms with Crippen LogP contribution in [0.4, 0.5) is 5.69 Å². The van der Waals surface area contributed by atoms with Crippen LogP contribution in [0.25, 0.3) is 0 Å². The van der Waals surface area contributed by atoms with Crippen molar-refractivity contribution in [2.24, 2.45) is 0 Å². The van der Waals surface area contributed by atoms with Crippen LogP contribution in [0.1, 0.15) is 17.3 Å². The minimum atomic E-state index is -0.954. The highest BCUT2D eigenvalue weighted by atomic mass is 16.5. The third-order valence-corrected chi connectivity index (χ3v) is 4.98. The number of aliphatic hydroxyl groups is 2. The van der Waals surface area contributed by atoms with Gasteiger partial charge in [0.1, 0.15) is 30.3 Å². The fourth-order valence-corrected chi connectivity index (χ4v) is 3.43. The highest BCUT2D eigenvalue weighted by molar-refractivity contribution is 6.03. The average molecular weight is 423 g/mol. The molecule has 0 fully saturated rings. The van der Waals surface area contributed by atoms with Gasteiger partial charge in [0.25, 0.3) is 5.91 Å². The molecule has 0 saturated heterocycles. The number of anilines is 1. The van der Waals surface area contributed by atoms with Crippen LogP contribution < -0.4 is 20.8 Å². The van der Waals surface area contributed by atoms with Crippen LogP contribution in [0.2, 0.25) is 0 Å². The number of ether oxygens (including phenoxy) is 1. The molecule has 9 heteroatoms. The maximum absolute atomic E-state index is 12.9. The molecule has 1 aromatic carbocycles. The Labute approximate surface area is 180 Å². The zero-order valence-corrected chi connectivity index (χ0v) is 17.0. The molecule has 0 aliphatic carbocycles. The highest BCUT2D eigenvalue weighted by Crippen LogP contribution is 2.31. The number of carbonyl (C=O) groups is 1. The second-order valence-electron chi connectivity index (χ2n) is 7.33. The fourth-order valence-electron chi connectivity index (χ4n) is 3.43. The maximum atomic E-state index is 12.9. The van der Waals surface area contributed by atoms with E-state index in [-0.39, 0.29) is 31.3 Å². The summed E-state index contributed by atoms with van der Waals surface area (Å²) >= 11 is 0. The summed E-state index contributed by atoms with van der Waals surface area (Å²) in [6, 6.07) is 10.7. The van der Waals surface area contributed by atoms with E-state index < -0.39 is 6.10 Å². The van der Waals surface area contributed by atoms with E-state index in [9.17, 15) is 9.90 Å². The Kier molecular flexibility index (Phi) is 6.17. The third-order valence-electron chi connectivity index (χ3n) is 4.98. The predicted molar refractivity (Wildman–Crippen MR) is 114 cm³/mol. The Balaban J connectivity index is 1.48. The number of amides is 1. The molecule has 9 nitrogen and oxygen atoms in total. The molecular formula is C22H25N5O4. The highest BCUT2D eigenvalue weighted by Gasteiger charge is 2.33. The van der Waals surface area contributed by atoms with E-state index in [0.717, 1.165) is 11.3 Å². The number of rotatable bonds is 7. The molecule has 0 radical (unpaired) electrons. The topological polar surface area (TPSA) is 119 Å². The first-order chi connectivity index (χ1) is 15.0. The van der Waals surface area contributed by atoms with Gasteiger partial charge in [0, 0.05) is 29.3 Å². The summed E-state index contributed by atoms with van der Waals surface area (Å²) in [5, 5.41) is 26.5. The zero-order valence-electron chi connectivity index (χ0n) is 17.0.